The van der Waals surface area contributed by atoms with Crippen molar-refractivity contribution in [2.45, 2.75) is 32.2 Å². The van der Waals surface area contributed by atoms with E-state index < -0.39 is 0 Å². The Morgan fingerprint density at radius 2 is 2.17 bits per heavy atom. The molecule has 0 amide bonds. The van der Waals surface area contributed by atoms with E-state index in [1.165, 1.54) is 11.3 Å². The molecule has 0 radical (unpaired) electrons. The zero-order valence-electron chi connectivity index (χ0n) is 11.5. The van der Waals surface area contributed by atoms with Crippen molar-refractivity contribution in [1.29, 1.82) is 0 Å². The van der Waals surface area contributed by atoms with E-state index in [9.17, 15) is 0 Å². The molecular formula is C15H22N2O. The maximum absolute atomic E-state index is 5.95. The first-order chi connectivity index (χ1) is 8.55. The summed E-state index contributed by atoms with van der Waals surface area (Å²) >= 11 is 0. The van der Waals surface area contributed by atoms with Gasteiger partial charge >= 0.3 is 0 Å². The Hall–Kier alpha value is -1.22. The van der Waals surface area contributed by atoms with Crippen LogP contribution in [0.2, 0.25) is 0 Å². The standard InChI is InChI=1S/C15H22N2O/c1-15(2,3)11-4-5-13-14(8-11)18-10-12-9-16-6-7-17(12)13/h4-5,8,12,16H,6-7,9-10H2,1-3H3/t12-/m1/s1. The highest BCUT2D eigenvalue weighted by molar-refractivity contribution is 5.62. The maximum atomic E-state index is 5.95. The second kappa shape index (κ2) is 4.16. The Labute approximate surface area is 109 Å². The van der Waals surface area contributed by atoms with Gasteiger partial charge in [-0.2, -0.15) is 0 Å². The van der Waals surface area contributed by atoms with Gasteiger partial charge in [-0.25, -0.2) is 0 Å². The first-order valence-electron chi connectivity index (χ1n) is 6.80. The van der Waals surface area contributed by atoms with Crippen molar-refractivity contribution in [2.24, 2.45) is 0 Å². The Morgan fingerprint density at radius 3 is 2.94 bits per heavy atom. The third-order valence-electron chi connectivity index (χ3n) is 3.92. The SMILES string of the molecule is CC(C)(C)c1ccc2c(c1)OC[C@H]1CNCCN21. The van der Waals surface area contributed by atoms with E-state index in [0.717, 1.165) is 32.0 Å². The van der Waals surface area contributed by atoms with E-state index in [0.29, 0.717) is 6.04 Å². The molecule has 0 unspecified atom stereocenters. The van der Waals surface area contributed by atoms with Crippen molar-refractivity contribution in [1.82, 2.24) is 5.32 Å². The molecule has 2 aliphatic rings. The number of rotatable bonds is 0. The van der Waals surface area contributed by atoms with Gasteiger partial charge in [-0.1, -0.05) is 26.8 Å². The van der Waals surface area contributed by atoms with Crippen LogP contribution in [0.15, 0.2) is 18.2 Å². The zero-order valence-corrected chi connectivity index (χ0v) is 11.5. The number of fused-ring (bicyclic) bond motifs is 3. The Bertz CT molecular complexity index is 450. The first kappa shape index (κ1) is 11.8. The molecule has 1 atom stereocenters. The van der Waals surface area contributed by atoms with Crippen molar-refractivity contribution < 1.29 is 4.74 Å². The predicted octanol–water partition coefficient (Wildman–Crippen LogP) is 2.15. The van der Waals surface area contributed by atoms with E-state index in [1.54, 1.807) is 0 Å². The fourth-order valence-electron chi connectivity index (χ4n) is 2.75. The number of nitrogens with zero attached hydrogens (tertiary/aromatic N) is 1. The second-order valence-electron chi connectivity index (χ2n) is 6.29. The Balaban J connectivity index is 1.96. The number of piperazine rings is 1. The molecule has 2 heterocycles. The largest absolute Gasteiger partial charge is 0.489 e. The quantitative estimate of drug-likeness (QED) is 0.759. The second-order valence-corrected chi connectivity index (χ2v) is 6.29. The van der Waals surface area contributed by atoms with Crippen LogP contribution in [0.4, 0.5) is 5.69 Å². The highest BCUT2D eigenvalue weighted by Gasteiger charge is 2.30. The summed E-state index contributed by atoms with van der Waals surface area (Å²) in [6, 6.07) is 7.18. The van der Waals surface area contributed by atoms with Crippen molar-refractivity contribution in [3.8, 4) is 5.75 Å². The van der Waals surface area contributed by atoms with Crippen molar-refractivity contribution in [3.63, 3.8) is 0 Å². The number of ether oxygens (including phenoxy) is 1. The lowest BCUT2D eigenvalue weighted by Crippen LogP contribution is -2.55. The van der Waals surface area contributed by atoms with Gasteiger partial charge in [0.2, 0.25) is 0 Å². The fraction of sp³-hybridized carbons (Fsp3) is 0.600. The van der Waals surface area contributed by atoms with Gasteiger partial charge in [0.15, 0.2) is 0 Å². The molecule has 3 heteroatoms. The topological polar surface area (TPSA) is 24.5 Å². The summed E-state index contributed by atoms with van der Waals surface area (Å²) in [5.41, 5.74) is 2.79. The molecule has 3 nitrogen and oxygen atoms in total. The summed E-state index contributed by atoms with van der Waals surface area (Å²) in [4.78, 5) is 2.49. The van der Waals surface area contributed by atoms with E-state index in [4.69, 9.17) is 4.74 Å². The Kier molecular flexibility index (Phi) is 2.74. The summed E-state index contributed by atoms with van der Waals surface area (Å²) in [6.07, 6.45) is 0. The molecule has 1 aromatic rings. The number of hydrogen-bond acceptors (Lipinski definition) is 3. The number of hydrogen-bond donors (Lipinski definition) is 1. The molecule has 3 rings (SSSR count). The minimum absolute atomic E-state index is 0.179. The van der Waals surface area contributed by atoms with Gasteiger partial charge in [0.05, 0.1) is 11.7 Å². The zero-order chi connectivity index (χ0) is 12.8. The third-order valence-corrected chi connectivity index (χ3v) is 3.92. The van der Waals surface area contributed by atoms with Crippen LogP contribution < -0.4 is 15.0 Å². The first-order valence-corrected chi connectivity index (χ1v) is 6.80. The molecule has 0 bridgehead atoms. The summed E-state index contributed by atoms with van der Waals surface area (Å²) in [6.45, 7) is 10.7. The van der Waals surface area contributed by atoms with E-state index in [2.05, 4.69) is 49.2 Å². The lowest BCUT2D eigenvalue weighted by Gasteiger charge is -2.42. The Morgan fingerprint density at radius 1 is 1.33 bits per heavy atom. The van der Waals surface area contributed by atoms with Gasteiger partial charge in [0.1, 0.15) is 12.4 Å². The number of anilines is 1. The van der Waals surface area contributed by atoms with E-state index in [-0.39, 0.29) is 5.41 Å². The molecular weight excluding hydrogens is 224 g/mol. The number of nitrogens with one attached hydrogen (secondary N) is 1. The average molecular weight is 246 g/mol. The average Bonchev–Trinajstić information content (AvgIpc) is 2.37. The van der Waals surface area contributed by atoms with Crippen molar-refractivity contribution in [2.75, 3.05) is 31.1 Å². The molecule has 0 aromatic heterocycles. The highest BCUT2D eigenvalue weighted by Crippen LogP contribution is 2.37. The molecule has 1 aromatic carbocycles. The smallest absolute Gasteiger partial charge is 0.143 e. The van der Waals surface area contributed by atoms with Gasteiger partial charge in [-0.15, -0.1) is 0 Å². The van der Waals surface area contributed by atoms with Crippen LogP contribution >= 0.6 is 0 Å². The van der Waals surface area contributed by atoms with Crippen LogP contribution in [-0.4, -0.2) is 32.3 Å². The monoisotopic (exact) mass is 246 g/mol. The lowest BCUT2D eigenvalue weighted by molar-refractivity contribution is 0.246. The van der Waals surface area contributed by atoms with Gasteiger partial charge in [0, 0.05) is 19.6 Å². The predicted molar refractivity (Wildman–Crippen MR) is 74.6 cm³/mol. The minimum atomic E-state index is 0.179. The molecule has 2 aliphatic heterocycles. The van der Waals surface area contributed by atoms with Crippen LogP contribution in [-0.2, 0) is 5.41 Å². The maximum Gasteiger partial charge on any atom is 0.143 e. The van der Waals surface area contributed by atoms with Crippen LogP contribution in [0.25, 0.3) is 0 Å². The molecule has 18 heavy (non-hydrogen) atoms. The summed E-state index contributed by atoms with van der Waals surface area (Å²) in [5.74, 6) is 1.06. The molecule has 98 valence electrons. The van der Waals surface area contributed by atoms with Crippen molar-refractivity contribution in [3.05, 3.63) is 23.8 Å². The molecule has 1 saturated heterocycles. The van der Waals surface area contributed by atoms with Crippen LogP contribution in [0.1, 0.15) is 26.3 Å². The summed E-state index contributed by atoms with van der Waals surface area (Å²) < 4.78 is 5.95. The van der Waals surface area contributed by atoms with Gasteiger partial charge in [0.25, 0.3) is 0 Å². The molecule has 1 fully saturated rings. The molecule has 1 N–H and O–H groups in total. The van der Waals surface area contributed by atoms with Crippen LogP contribution in [0, 0.1) is 0 Å². The molecule has 0 saturated carbocycles. The van der Waals surface area contributed by atoms with Crippen LogP contribution in [0.3, 0.4) is 0 Å². The third kappa shape index (κ3) is 1.97. The lowest BCUT2D eigenvalue weighted by atomic mass is 9.86. The van der Waals surface area contributed by atoms with Gasteiger partial charge < -0.3 is 15.0 Å². The van der Waals surface area contributed by atoms with E-state index >= 15 is 0 Å². The summed E-state index contributed by atoms with van der Waals surface area (Å²) in [7, 11) is 0. The summed E-state index contributed by atoms with van der Waals surface area (Å²) in [5, 5.41) is 3.43. The molecule has 0 aliphatic carbocycles. The fourth-order valence-corrected chi connectivity index (χ4v) is 2.75. The van der Waals surface area contributed by atoms with Crippen molar-refractivity contribution >= 4 is 5.69 Å². The minimum Gasteiger partial charge on any atom is -0.489 e. The number of benzene rings is 1. The van der Waals surface area contributed by atoms with Gasteiger partial charge in [-0.3, -0.25) is 0 Å². The normalized spacial score (nSPS) is 23.1. The van der Waals surface area contributed by atoms with Gasteiger partial charge in [-0.05, 0) is 23.1 Å². The molecule has 0 spiro atoms. The van der Waals surface area contributed by atoms with E-state index in [1.807, 2.05) is 0 Å². The highest BCUT2D eigenvalue weighted by atomic mass is 16.5. The van der Waals surface area contributed by atoms with Crippen LogP contribution in [0.5, 0.6) is 5.75 Å².